The van der Waals surface area contributed by atoms with Gasteiger partial charge in [-0.3, -0.25) is 0 Å². The van der Waals surface area contributed by atoms with Gasteiger partial charge in [-0.2, -0.15) is 17.5 Å². The number of nitrogens with zero attached hydrogens (tertiary/aromatic N) is 2. The number of aliphatic hydroxyl groups is 1. The molecule has 2 fully saturated rings. The molecule has 0 spiro atoms. The molecule has 4 atom stereocenters. The van der Waals surface area contributed by atoms with Crippen LogP contribution in [0.1, 0.15) is 31.7 Å². The van der Waals surface area contributed by atoms with E-state index in [1.165, 1.54) is 34.8 Å². The van der Waals surface area contributed by atoms with Crippen LogP contribution in [0, 0.1) is 5.92 Å². The lowest BCUT2D eigenvalue weighted by Crippen LogP contribution is -2.48. The molecule has 0 amide bonds. The minimum absolute atomic E-state index is 0.0577. The maximum Gasteiger partial charge on any atom is 0.417 e. The first-order valence-corrected chi connectivity index (χ1v) is 13.5. The Morgan fingerprint density at radius 1 is 1.06 bits per heavy atom. The van der Waals surface area contributed by atoms with Crippen molar-refractivity contribution in [3.63, 3.8) is 0 Å². The third-order valence-electron chi connectivity index (χ3n) is 6.97. The summed E-state index contributed by atoms with van der Waals surface area (Å²) in [5.74, 6) is 0.437. The van der Waals surface area contributed by atoms with Crippen LogP contribution in [0.15, 0.2) is 47.5 Å². The summed E-state index contributed by atoms with van der Waals surface area (Å²) in [6, 6.07) is 7.31. The standard InChI is InChI=1S/C24H22Cl2F3N3O3S/c1-12-6-15-9-16(33)10-21(12)32(15)36(34,35)22-8-14(3-5-18(22)25)23-30-11-20(31-23)13-2-4-17(19(26)7-13)24(27,28)29/h2-5,7-8,11-12,15-16,21,33H,6,9-10H2,1H3,(H,30,31)/t12-,15?,16-,21?/m1/s1. The van der Waals surface area contributed by atoms with E-state index in [-0.39, 0.29) is 27.9 Å². The number of benzene rings is 2. The normalized spacial score (nSPS) is 24.9. The molecule has 2 N–H and O–H groups in total. The fraction of sp³-hybridized carbons (Fsp3) is 0.375. The van der Waals surface area contributed by atoms with Crippen molar-refractivity contribution in [3.8, 4) is 22.6 Å². The average Bonchev–Trinajstić information content (AvgIpc) is 3.35. The van der Waals surface area contributed by atoms with Crippen LogP contribution in [-0.2, 0) is 16.2 Å². The molecule has 3 heterocycles. The number of piperidine rings is 1. The van der Waals surface area contributed by atoms with Crippen LogP contribution in [0.25, 0.3) is 22.6 Å². The van der Waals surface area contributed by atoms with Gasteiger partial charge in [0.2, 0.25) is 10.0 Å². The predicted octanol–water partition coefficient (Wildman–Crippen LogP) is 5.99. The summed E-state index contributed by atoms with van der Waals surface area (Å²) in [6.45, 7) is 1.99. The van der Waals surface area contributed by atoms with Gasteiger partial charge in [-0.15, -0.1) is 0 Å². The maximum atomic E-state index is 13.7. The van der Waals surface area contributed by atoms with Crippen molar-refractivity contribution in [1.82, 2.24) is 14.3 Å². The summed E-state index contributed by atoms with van der Waals surface area (Å²) in [7, 11) is -3.96. The largest absolute Gasteiger partial charge is 0.417 e. The molecule has 1 aromatic heterocycles. The molecule has 3 aromatic rings. The number of halogens is 5. The van der Waals surface area contributed by atoms with Gasteiger partial charge < -0.3 is 10.1 Å². The van der Waals surface area contributed by atoms with E-state index in [2.05, 4.69) is 9.97 Å². The molecule has 2 aliphatic heterocycles. The molecule has 2 saturated heterocycles. The molecule has 6 nitrogen and oxygen atoms in total. The van der Waals surface area contributed by atoms with Gasteiger partial charge in [0.15, 0.2) is 0 Å². The summed E-state index contributed by atoms with van der Waals surface area (Å²) in [4.78, 5) is 7.25. The number of sulfonamides is 1. The SMILES string of the molecule is C[C@@H]1CC2C[C@@H](O)CC1N2S(=O)(=O)c1cc(-c2ncc(-c3ccc(C(F)(F)F)c(Cl)c3)[nH]2)ccc1Cl. The molecule has 2 aromatic carbocycles. The fourth-order valence-corrected chi connectivity index (χ4v) is 8.03. The summed E-state index contributed by atoms with van der Waals surface area (Å²) >= 11 is 12.2. The van der Waals surface area contributed by atoms with Gasteiger partial charge in [0.1, 0.15) is 10.7 Å². The van der Waals surface area contributed by atoms with Gasteiger partial charge in [-0.1, -0.05) is 36.2 Å². The number of hydrogen-bond acceptors (Lipinski definition) is 4. The number of hydrogen-bond donors (Lipinski definition) is 2. The van der Waals surface area contributed by atoms with Crippen molar-refractivity contribution < 1.29 is 26.7 Å². The molecule has 192 valence electrons. The molecule has 5 rings (SSSR count). The molecule has 2 bridgehead atoms. The number of rotatable bonds is 4. The van der Waals surface area contributed by atoms with E-state index in [0.717, 1.165) is 6.07 Å². The first kappa shape index (κ1) is 25.5. The molecule has 2 aliphatic rings. The van der Waals surface area contributed by atoms with E-state index in [4.69, 9.17) is 23.2 Å². The highest BCUT2D eigenvalue weighted by Crippen LogP contribution is 2.44. The first-order valence-electron chi connectivity index (χ1n) is 11.3. The average molecular weight is 560 g/mol. The van der Waals surface area contributed by atoms with E-state index in [1.807, 2.05) is 6.92 Å². The maximum absolute atomic E-state index is 13.7. The first-order chi connectivity index (χ1) is 16.9. The Bertz CT molecular complexity index is 1430. The second-order valence-electron chi connectivity index (χ2n) is 9.38. The third kappa shape index (κ3) is 4.43. The highest BCUT2D eigenvalue weighted by atomic mass is 35.5. The van der Waals surface area contributed by atoms with Gasteiger partial charge >= 0.3 is 6.18 Å². The smallest absolute Gasteiger partial charge is 0.393 e. The van der Waals surface area contributed by atoms with Crippen LogP contribution in [0.5, 0.6) is 0 Å². The second-order valence-corrected chi connectivity index (χ2v) is 12.0. The zero-order valence-corrected chi connectivity index (χ0v) is 21.3. The Morgan fingerprint density at radius 3 is 2.44 bits per heavy atom. The summed E-state index contributed by atoms with van der Waals surface area (Å²) in [6.07, 6.45) is -2.22. The monoisotopic (exact) mass is 559 g/mol. The van der Waals surface area contributed by atoms with Crippen LogP contribution >= 0.6 is 23.2 Å². The van der Waals surface area contributed by atoms with Gasteiger partial charge in [-0.05, 0) is 55.5 Å². The predicted molar refractivity (Wildman–Crippen MR) is 130 cm³/mol. The fourth-order valence-electron chi connectivity index (χ4n) is 5.30. The Hall–Kier alpha value is -2.11. The van der Waals surface area contributed by atoms with Crippen LogP contribution in [0.3, 0.4) is 0 Å². The second kappa shape index (κ2) is 9.02. The van der Waals surface area contributed by atoms with Crippen LogP contribution in [-0.4, -0.2) is 46.0 Å². The lowest BCUT2D eigenvalue weighted by Gasteiger charge is -2.36. The van der Waals surface area contributed by atoms with Crippen LogP contribution in [0.4, 0.5) is 13.2 Å². The van der Waals surface area contributed by atoms with E-state index >= 15 is 0 Å². The molecule has 36 heavy (non-hydrogen) atoms. The van der Waals surface area contributed by atoms with Crippen molar-refractivity contribution in [2.75, 3.05) is 0 Å². The van der Waals surface area contributed by atoms with Gasteiger partial charge in [-0.25, -0.2) is 13.4 Å². The van der Waals surface area contributed by atoms with E-state index in [9.17, 15) is 26.7 Å². The highest BCUT2D eigenvalue weighted by molar-refractivity contribution is 7.89. The van der Waals surface area contributed by atoms with Crippen molar-refractivity contribution in [1.29, 1.82) is 0 Å². The number of fused-ring (bicyclic) bond motifs is 2. The lowest BCUT2D eigenvalue weighted by molar-refractivity contribution is -0.137. The zero-order chi connectivity index (χ0) is 26.0. The zero-order valence-electron chi connectivity index (χ0n) is 18.9. The topological polar surface area (TPSA) is 86.3 Å². The lowest BCUT2D eigenvalue weighted by atomic mass is 9.99. The Labute approximate surface area is 216 Å². The summed E-state index contributed by atoms with van der Waals surface area (Å²) in [5, 5.41) is 9.78. The Morgan fingerprint density at radius 2 is 1.78 bits per heavy atom. The highest BCUT2D eigenvalue weighted by Gasteiger charge is 2.50. The van der Waals surface area contributed by atoms with Crippen LogP contribution < -0.4 is 0 Å². The van der Waals surface area contributed by atoms with Gasteiger partial charge in [0.25, 0.3) is 0 Å². The summed E-state index contributed by atoms with van der Waals surface area (Å²) in [5.41, 5.74) is 0.316. The molecule has 0 saturated carbocycles. The van der Waals surface area contributed by atoms with Gasteiger partial charge in [0, 0.05) is 23.2 Å². The van der Waals surface area contributed by atoms with Crippen molar-refractivity contribution >= 4 is 33.2 Å². The van der Waals surface area contributed by atoms with Crippen LogP contribution in [0.2, 0.25) is 10.0 Å². The number of nitrogens with one attached hydrogen (secondary N) is 1. The quantitative estimate of drug-likeness (QED) is 0.411. The number of H-pyrrole nitrogens is 1. The Kier molecular flexibility index (Phi) is 6.40. The number of aromatic nitrogens is 2. The molecule has 0 radical (unpaired) electrons. The molecular weight excluding hydrogens is 538 g/mol. The molecule has 2 unspecified atom stereocenters. The van der Waals surface area contributed by atoms with Crippen molar-refractivity contribution in [2.24, 2.45) is 5.92 Å². The molecular formula is C24H22Cl2F3N3O3S. The number of aromatic amines is 1. The van der Waals surface area contributed by atoms with Gasteiger partial charge in [0.05, 0.1) is 33.6 Å². The Balaban J connectivity index is 1.48. The molecule has 12 heteroatoms. The van der Waals surface area contributed by atoms with Crippen molar-refractivity contribution in [3.05, 3.63) is 58.2 Å². The minimum Gasteiger partial charge on any atom is -0.393 e. The number of aliphatic hydroxyl groups excluding tert-OH is 1. The third-order valence-corrected chi connectivity index (χ3v) is 9.74. The number of imidazole rings is 1. The molecule has 0 aliphatic carbocycles. The number of alkyl halides is 3. The summed E-state index contributed by atoms with van der Waals surface area (Å²) < 4.78 is 68.0. The van der Waals surface area contributed by atoms with E-state index in [1.54, 1.807) is 6.07 Å². The van der Waals surface area contributed by atoms with E-state index < -0.39 is 32.9 Å². The minimum atomic E-state index is -4.57. The van der Waals surface area contributed by atoms with E-state index in [0.29, 0.717) is 41.9 Å². The van der Waals surface area contributed by atoms with Crippen molar-refractivity contribution in [2.45, 2.75) is 55.4 Å².